The summed E-state index contributed by atoms with van der Waals surface area (Å²) in [5, 5.41) is 2.20. The zero-order chi connectivity index (χ0) is 13.7. The molecule has 0 aliphatic heterocycles. The summed E-state index contributed by atoms with van der Waals surface area (Å²) in [5.41, 5.74) is 2.52. The molecule has 0 unspecified atom stereocenters. The Balaban J connectivity index is 2.15. The van der Waals surface area contributed by atoms with E-state index in [2.05, 4.69) is 5.32 Å². The number of hydrogen-bond acceptors (Lipinski definition) is 2. The van der Waals surface area contributed by atoms with E-state index in [1.165, 1.54) is 0 Å². The van der Waals surface area contributed by atoms with Crippen LogP contribution >= 0.6 is 11.6 Å². The molecule has 4 heteroatoms. The average Bonchev–Trinajstić information content (AvgIpc) is 2.48. The predicted molar refractivity (Wildman–Crippen MR) is 75.1 cm³/mol. The molecule has 3 nitrogen and oxygen atoms in total. The van der Waals surface area contributed by atoms with Crippen LogP contribution in [0.25, 0.3) is 11.1 Å². The topological polar surface area (TPSA) is 46.2 Å². The van der Waals surface area contributed by atoms with Gasteiger partial charge in [-0.25, -0.2) is 0 Å². The van der Waals surface area contributed by atoms with E-state index < -0.39 is 11.8 Å². The van der Waals surface area contributed by atoms with Crippen LogP contribution in [0, 0.1) is 0 Å². The third-order valence-corrected chi connectivity index (χ3v) is 2.87. The second-order valence-corrected chi connectivity index (χ2v) is 4.22. The van der Waals surface area contributed by atoms with Crippen LogP contribution in [0.5, 0.6) is 0 Å². The molecule has 0 aliphatic rings. The van der Waals surface area contributed by atoms with Crippen molar-refractivity contribution in [2.75, 3.05) is 5.88 Å². The molecule has 2 aromatic carbocycles. The van der Waals surface area contributed by atoms with Crippen LogP contribution in [0.2, 0.25) is 0 Å². The fraction of sp³-hybridized carbons (Fsp3) is 0.0667. The first-order valence-corrected chi connectivity index (χ1v) is 6.30. The molecule has 1 N–H and O–H groups in total. The molecular weight excluding hydrogens is 262 g/mol. The maximum Gasteiger partial charge on any atom is 0.257 e. The Labute approximate surface area is 116 Å². The summed E-state index contributed by atoms with van der Waals surface area (Å²) in [4.78, 5) is 22.7. The Morgan fingerprint density at radius 3 is 2.05 bits per heavy atom. The van der Waals surface area contributed by atoms with Crippen molar-refractivity contribution in [3.63, 3.8) is 0 Å². The third-order valence-electron chi connectivity index (χ3n) is 2.63. The number of nitrogens with one attached hydrogen (secondary N) is 1. The first kappa shape index (κ1) is 13.3. The van der Waals surface area contributed by atoms with Gasteiger partial charge < -0.3 is 0 Å². The standard InChI is InChI=1S/C15H12ClNO2/c16-10-14(18)17-15(19)13-8-6-12(7-9-13)11-4-2-1-3-5-11/h1-9H,10H2,(H,17,18,19). The molecule has 0 aliphatic carbocycles. The van der Waals surface area contributed by atoms with E-state index in [4.69, 9.17) is 11.6 Å². The molecule has 0 bridgehead atoms. The van der Waals surface area contributed by atoms with Crippen molar-refractivity contribution in [3.8, 4) is 11.1 Å². The number of rotatable bonds is 3. The molecule has 0 saturated heterocycles. The normalized spacial score (nSPS) is 9.95. The molecule has 2 aromatic rings. The zero-order valence-electron chi connectivity index (χ0n) is 10.1. The van der Waals surface area contributed by atoms with Gasteiger partial charge in [0.15, 0.2) is 0 Å². The van der Waals surface area contributed by atoms with Crippen molar-refractivity contribution in [2.45, 2.75) is 0 Å². The quantitative estimate of drug-likeness (QED) is 0.874. The number of carbonyl (C=O) groups is 2. The molecule has 2 amide bonds. The molecule has 0 fully saturated rings. The SMILES string of the molecule is O=C(CCl)NC(=O)c1ccc(-c2ccccc2)cc1. The van der Waals surface area contributed by atoms with E-state index >= 15 is 0 Å². The summed E-state index contributed by atoms with van der Waals surface area (Å²) in [6.45, 7) is 0. The van der Waals surface area contributed by atoms with Gasteiger partial charge in [0.2, 0.25) is 5.91 Å². The molecule has 0 spiro atoms. The van der Waals surface area contributed by atoms with E-state index in [1.807, 2.05) is 42.5 Å². The van der Waals surface area contributed by atoms with Gasteiger partial charge in [0, 0.05) is 5.56 Å². The minimum Gasteiger partial charge on any atom is -0.291 e. The fourth-order valence-electron chi connectivity index (χ4n) is 1.68. The Morgan fingerprint density at radius 1 is 0.895 bits per heavy atom. The van der Waals surface area contributed by atoms with Crippen molar-refractivity contribution in [2.24, 2.45) is 0 Å². The van der Waals surface area contributed by atoms with E-state index in [1.54, 1.807) is 12.1 Å². The average molecular weight is 274 g/mol. The smallest absolute Gasteiger partial charge is 0.257 e. The number of hydrogen-bond donors (Lipinski definition) is 1. The summed E-state index contributed by atoms with van der Waals surface area (Å²) >= 11 is 5.32. The van der Waals surface area contributed by atoms with Crippen LogP contribution in [-0.2, 0) is 4.79 Å². The third kappa shape index (κ3) is 3.42. The van der Waals surface area contributed by atoms with Crippen molar-refractivity contribution >= 4 is 23.4 Å². The van der Waals surface area contributed by atoms with Crippen LogP contribution in [-0.4, -0.2) is 17.7 Å². The Hall–Kier alpha value is -2.13. The van der Waals surface area contributed by atoms with Gasteiger partial charge in [0.25, 0.3) is 5.91 Å². The van der Waals surface area contributed by atoms with Crippen LogP contribution < -0.4 is 5.32 Å². The van der Waals surface area contributed by atoms with Gasteiger partial charge in [0.1, 0.15) is 5.88 Å². The van der Waals surface area contributed by atoms with Crippen LogP contribution in [0.3, 0.4) is 0 Å². The van der Waals surface area contributed by atoms with Gasteiger partial charge in [-0.15, -0.1) is 11.6 Å². The highest BCUT2D eigenvalue weighted by Crippen LogP contribution is 2.19. The summed E-state index contributed by atoms with van der Waals surface area (Å²) in [6.07, 6.45) is 0. The monoisotopic (exact) mass is 273 g/mol. The zero-order valence-corrected chi connectivity index (χ0v) is 10.9. The van der Waals surface area contributed by atoms with Crippen LogP contribution in [0.4, 0.5) is 0 Å². The molecule has 0 aromatic heterocycles. The lowest BCUT2D eigenvalue weighted by Gasteiger charge is -2.04. The molecule has 0 radical (unpaired) electrons. The fourth-order valence-corrected chi connectivity index (χ4v) is 1.74. The van der Waals surface area contributed by atoms with Crippen molar-refractivity contribution in [1.29, 1.82) is 0 Å². The lowest BCUT2D eigenvalue weighted by Crippen LogP contribution is -2.31. The number of amides is 2. The van der Waals surface area contributed by atoms with Gasteiger partial charge in [-0.3, -0.25) is 14.9 Å². The Bertz CT molecular complexity index is 579. The lowest BCUT2D eigenvalue weighted by molar-refractivity contribution is -0.117. The van der Waals surface area contributed by atoms with E-state index in [-0.39, 0.29) is 5.88 Å². The summed E-state index contributed by atoms with van der Waals surface area (Å²) in [7, 11) is 0. The largest absolute Gasteiger partial charge is 0.291 e. The molecule has 0 heterocycles. The highest BCUT2D eigenvalue weighted by atomic mass is 35.5. The van der Waals surface area contributed by atoms with Crippen LogP contribution in [0.1, 0.15) is 10.4 Å². The number of alkyl halides is 1. The maximum atomic E-state index is 11.7. The second kappa shape index (κ2) is 6.16. The van der Waals surface area contributed by atoms with E-state index in [0.717, 1.165) is 11.1 Å². The molecule has 19 heavy (non-hydrogen) atoms. The number of imide groups is 1. The minimum absolute atomic E-state index is 0.228. The maximum absolute atomic E-state index is 11.7. The lowest BCUT2D eigenvalue weighted by atomic mass is 10.0. The van der Waals surface area contributed by atoms with E-state index in [9.17, 15) is 9.59 Å². The molecule has 2 rings (SSSR count). The first-order valence-electron chi connectivity index (χ1n) is 5.76. The van der Waals surface area contributed by atoms with Gasteiger partial charge >= 0.3 is 0 Å². The highest BCUT2D eigenvalue weighted by molar-refractivity contribution is 6.28. The predicted octanol–water partition coefficient (Wildman–Crippen LogP) is 2.85. The Morgan fingerprint density at radius 2 is 1.47 bits per heavy atom. The van der Waals surface area contributed by atoms with E-state index in [0.29, 0.717) is 5.56 Å². The van der Waals surface area contributed by atoms with Crippen molar-refractivity contribution in [1.82, 2.24) is 5.32 Å². The van der Waals surface area contributed by atoms with Crippen LogP contribution in [0.15, 0.2) is 54.6 Å². The van der Waals surface area contributed by atoms with Crippen molar-refractivity contribution in [3.05, 3.63) is 60.2 Å². The highest BCUT2D eigenvalue weighted by Gasteiger charge is 2.09. The molecule has 0 saturated carbocycles. The number of carbonyl (C=O) groups excluding carboxylic acids is 2. The number of benzene rings is 2. The second-order valence-electron chi connectivity index (χ2n) is 3.95. The van der Waals surface area contributed by atoms with Crippen molar-refractivity contribution < 1.29 is 9.59 Å². The molecule has 0 atom stereocenters. The first-order chi connectivity index (χ1) is 9.20. The number of halogens is 1. The minimum atomic E-state index is -0.501. The Kier molecular flexibility index (Phi) is 4.31. The molecule has 96 valence electrons. The summed E-state index contributed by atoms with van der Waals surface area (Å²) < 4.78 is 0. The van der Waals surface area contributed by atoms with Gasteiger partial charge in [-0.05, 0) is 23.3 Å². The molecular formula is C15H12ClNO2. The van der Waals surface area contributed by atoms with Gasteiger partial charge in [0.05, 0.1) is 0 Å². The summed E-state index contributed by atoms with van der Waals surface area (Å²) in [6, 6.07) is 16.9. The summed E-state index contributed by atoms with van der Waals surface area (Å²) in [5.74, 6) is -1.17. The van der Waals surface area contributed by atoms with Gasteiger partial charge in [-0.1, -0.05) is 42.5 Å². The van der Waals surface area contributed by atoms with Gasteiger partial charge in [-0.2, -0.15) is 0 Å².